The molecule has 4 nitrogen and oxygen atoms in total. The van der Waals surface area contributed by atoms with Crippen LogP contribution in [0.3, 0.4) is 0 Å². The van der Waals surface area contributed by atoms with Crippen molar-refractivity contribution in [3.63, 3.8) is 0 Å². The number of nitrogens with two attached hydrogens (primary N) is 1. The van der Waals surface area contributed by atoms with Crippen LogP contribution < -0.4 is 11.3 Å². The lowest BCUT2D eigenvalue weighted by atomic mass is 9.82. The van der Waals surface area contributed by atoms with Crippen molar-refractivity contribution in [1.82, 2.24) is 10.4 Å². The third-order valence-corrected chi connectivity index (χ3v) is 2.85. The summed E-state index contributed by atoms with van der Waals surface area (Å²) in [5.41, 5.74) is 5.00. The summed E-state index contributed by atoms with van der Waals surface area (Å²) >= 11 is 0. The van der Waals surface area contributed by atoms with E-state index in [-0.39, 0.29) is 17.6 Å². The highest BCUT2D eigenvalue weighted by molar-refractivity contribution is 5.21. The molecular weight excluding hydrogens is 214 g/mol. The van der Waals surface area contributed by atoms with Crippen molar-refractivity contribution in [1.29, 1.82) is 0 Å². The predicted molar refractivity (Wildman–Crippen MR) is 69.3 cm³/mol. The van der Waals surface area contributed by atoms with E-state index < -0.39 is 0 Å². The standard InChI is InChI=1S/C13H23N3O/c1-9-6-10(8-15-7-9)11(16-14)12(17-5)13(2,3)4/h6-8,11-12,16H,14H2,1-5H3. The van der Waals surface area contributed by atoms with Gasteiger partial charge < -0.3 is 4.74 Å². The zero-order valence-electron chi connectivity index (χ0n) is 11.3. The summed E-state index contributed by atoms with van der Waals surface area (Å²) in [5, 5.41) is 0. The van der Waals surface area contributed by atoms with Crippen molar-refractivity contribution in [3.05, 3.63) is 29.6 Å². The molecule has 2 atom stereocenters. The zero-order valence-corrected chi connectivity index (χ0v) is 11.3. The van der Waals surface area contributed by atoms with Gasteiger partial charge in [-0.3, -0.25) is 16.3 Å². The summed E-state index contributed by atoms with van der Waals surface area (Å²) in [5.74, 6) is 5.67. The van der Waals surface area contributed by atoms with Crippen LogP contribution in [-0.4, -0.2) is 18.2 Å². The third kappa shape index (κ3) is 3.49. The van der Waals surface area contributed by atoms with Gasteiger partial charge in [-0.05, 0) is 23.5 Å². The monoisotopic (exact) mass is 237 g/mol. The van der Waals surface area contributed by atoms with E-state index in [4.69, 9.17) is 10.6 Å². The lowest BCUT2D eigenvalue weighted by molar-refractivity contribution is -0.0121. The molecular formula is C13H23N3O. The van der Waals surface area contributed by atoms with Gasteiger partial charge in [0.25, 0.3) is 0 Å². The van der Waals surface area contributed by atoms with E-state index in [1.165, 1.54) is 0 Å². The Labute approximate surface area is 104 Å². The second-order valence-corrected chi connectivity index (χ2v) is 5.46. The first-order valence-corrected chi connectivity index (χ1v) is 5.80. The molecule has 1 rings (SSSR count). The minimum Gasteiger partial charge on any atom is -0.379 e. The van der Waals surface area contributed by atoms with Crippen molar-refractivity contribution >= 4 is 0 Å². The molecule has 0 aliphatic carbocycles. The Morgan fingerprint density at radius 1 is 1.35 bits per heavy atom. The number of aryl methyl sites for hydroxylation is 1. The average molecular weight is 237 g/mol. The fraction of sp³-hybridized carbons (Fsp3) is 0.615. The van der Waals surface area contributed by atoms with Crippen LogP contribution in [0.25, 0.3) is 0 Å². The maximum Gasteiger partial charge on any atom is 0.0827 e. The number of ether oxygens (including phenoxy) is 1. The fourth-order valence-electron chi connectivity index (χ4n) is 2.10. The Morgan fingerprint density at radius 3 is 2.41 bits per heavy atom. The number of methoxy groups -OCH3 is 1. The zero-order chi connectivity index (χ0) is 13.1. The van der Waals surface area contributed by atoms with Crippen LogP contribution >= 0.6 is 0 Å². The van der Waals surface area contributed by atoms with Crippen LogP contribution in [0.2, 0.25) is 0 Å². The van der Waals surface area contributed by atoms with Crippen molar-refractivity contribution in [2.75, 3.05) is 7.11 Å². The highest BCUT2D eigenvalue weighted by Crippen LogP contribution is 2.31. The Hall–Kier alpha value is -0.970. The van der Waals surface area contributed by atoms with E-state index in [1.54, 1.807) is 7.11 Å². The van der Waals surface area contributed by atoms with Crippen LogP contribution in [0.5, 0.6) is 0 Å². The second-order valence-electron chi connectivity index (χ2n) is 5.46. The van der Waals surface area contributed by atoms with Gasteiger partial charge in [-0.25, -0.2) is 0 Å². The summed E-state index contributed by atoms with van der Waals surface area (Å²) in [6, 6.07) is 2.02. The molecule has 2 unspecified atom stereocenters. The minimum atomic E-state index is -0.0626. The van der Waals surface area contributed by atoms with Gasteiger partial charge in [-0.1, -0.05) is 26.8 Å². The van der Waals surface area contributed by atoms with Crippen LogP contribution in [0.4, 0.5) is 0 Å². The highest BCUT2D eigenvalue weighted by atomic mass is 16.5. The topological polar surface area (TPSA) is 60.2 Å². The lowest BCUT2D eigenvalue weighted by Gasteiger charge is -2.35. The van der Waals surface area contributed by atoms with E-state index in [0.29, 0.717) is 0 Å². The number of nitrogens with zero attached hydrogens (tertiary/aromatic N) is 1. The molecule has 17 heavy (non-hydrogen) atoms. The quantitative estimate of drug-likeness (QED) is 0.621. The van der Waals surface area contributed by atoms with Gasteiger partial charge in [0.15, 0.2) is 0 Å². The number of hydrogen-bond donors (Lipinski definition) is 2. The SMILES string of the molecule is COC(C(NN)c1cncc(C)c1)C(C)(C)C. The van der Waals surface area contributed by atoms with Crippen molar-refractivity contribution in [3.8, 4) is 0 Å². The van der Waals surface area contributed by atoms with Crippen molar-refractivity contribution in [2.24, 2.45) is 11.3 Å². The van der Waals surface area contributed by atoms with E-state index in [9.17, 15) is 0 Å². The normalized spacial score (nSPS) is 15.6. The van der Waals surface area contributed by atoms with E-state index in [1.807, 2.05) is 19.3 Å². The number of pyridine rings is 1. The Kier molecular flexibility index (Phi) is 4.62. The Bertz CT molecular complexity index is 360. The number of hydrazine groups is 1. The van der Waals surface area contributed by atoms with Gasteiger partial charge >= 0.3 is 0 Å². The molecule has 0 radical (unpaired) electrons. The number of hydrogen-bond acceptors (Lipinski definition) is 4. The molecule has 0 aliphatic rings. The van der Waals surface area contributed by atoms with Crippen LogP contribution in [0.1, 0.15) is 37.9 Å². The van der Waals surface area contributed by atoms with E-state index in [0.717, 1.165) is 11.1 Å². The Balaban J connectivity index is 3.05. The van der Waals surface area contributed by atoms with Crippen molar-refractivity contribution in [2.45, 2.75) is 39.8 Å². The molecule has 0 aliphatic heterocycles. The highest BCUT2D eigenvalue weighted by Gasteiger charge is 2.33. The minimum absolute atomic E-state index is 0.00443. The maximum absolute atomic E-state index is 5.67. The molecule has 4 heteroatoms. The molecule has 1 heterocycles. The summed E-state index contributed by atoms with van der Waals surface area (Å²) in [6.45, 7) is 8.42. The second kappa shape index (κ2) is 5.58. The molecule has 0 bridgehead atoms. The first kappa shape index (κ1) is 14.1. The number of rotatable bonds is 4. The first-order valence-electron chi connectivity index (χ1n) is 5.80. The molecule has 3 N–H and O–H groups in total. The van der Waals surface area contributed by atoms with Gasteiger partial charge in [0.05, 0.1) is 12.1 Å². The number of aromatic nitrogens is 1. The van der Waals surface area contributed by atoms with Crippen molar-refractivity contribution < 1.29 is 4.74 Å². The van der Waals surface area contributed by atoms with Crippen LogP contribution in [0, 0.1) is 12.3 Å². The first-order chi connectivity index (χ1) is 7.90. The van der Waals surface area contributed by atoms with Gasteiger partial charge in [-0.15, -0.1) is 0 Å². The lowest BCUT2D eigenvalue weighted by Crippen LogP contribution is -2.44. The molecule has 0 spiro atoms. The summed E-state index contributed by atoms with van der Waals surface area (Å²) in [6.07, 6.45) is 3.64. The molecule has 1 aromatic rings. The van der Waals surface area contributed by atoms with Crippen LogP contribution in [-0.2, 0) is 4.74 Å². The van der Waals surface area contributed by atoms with Crippen LogP contribution in [0.15, 0.2) is 18.5 Å². The predicted octanol–water partition coefficient (Wildman–Crippen LogP) is 1.96. The van der Waals surface area contributed by atoms with Gasteiger partial charge in [0.1, 0.15) is 0 Å². The summed E-state index contributed by atoms with van der Waals surface area (Å²) in [7, 11) is 1.71. The van der Waals surface area contributed by atoms with Gasteiger partial charge in [0, 0.05) is 19.5 Å². The molecule has 0 amide bonds. The summed E-state index contributed by atoms with van der Waals surface area (Å²) in [4.78, 5) is 4.20. The fourth-order valence-corrected chi connectivity index (χ4v) is 2.10. The van der Waals surface area contributed by atoms with Gasteiger partial charge in [-0.2, -0.15) is 0 Å². The Morgan fingerprint density at radius 2 is 2.00 bits per heavy atom. The molecule has 0 aromatic carbocycles. The molecule has 0 fully saturated rings. The molecule has 0 saturated heterocycles. The number of nitrogens with one attached hydrogen (secondary N) is 1. The van der Waals surface area contributed by atoms with E-state index in [2.05, 4.69) is 37.2 Å². The van der Waals surface area contributed by atoms with E-state index >= 15 is 0 Å². The molecule has 0 saturated carbocycles. The maximum atomic E-state index is 5.67. The third-order valence-electron chi connectivity index (χ3n) is 2.85. The molecule has 96 valence electrons. The largest absolute Gasteiger partial charge is 0.379 e. The van der Waals surface area contributed by atoms with Gasteiger partial charge in [0.2, 0.25) is 0 Å². The smallest absolute Gasteiger partial charge is 0.0827 e. The summed E-state index contributed by atoms with van der Waals surface area (Å²) < 4.78 is 5.59. The molecule has 1 aromatic heterocycles. The average Bonchev–Trinajstić information content (AvgIpc) is 2.23.